The lowest BCUT2D eigenvalue weighted by Crippen LogP contribution is -2.24. The van der Waals surface area contributed by atoms with E-state index in [1.807, 2.05) is 26.4 Å². The van der Waals surface area contributed by atoms with Crippen molar-refractivity contribution in [2.75, 3.05) is 13.6 Å². The third-order valence-corrected chi connectivity index (χ3v) is 3.50. The van der Waals surface area contributed by atoms with Gasteiger partial charge in [0.2, 0.25) is 0 Å². The van der Waals surface area contributed by atoms with E-state index in [9.17, 15) is 0 Å². The van der Waals surface area contributed by atoms with Crippen LogP contribution in [-0.4, -0.2) is 27.9 Å². The Morgan fingerprint density at radius 1 is 1.58 bits per heavy atom. The Bertz CT molecular complexity index is 626. The van der Waals surface area contributed by atoms with Crippen molar-refractivity contribution in [3.8, 4) is 6.07 Å². The van der Waals surface area contributed by atoms with Gasteiger partial charge in [-0.05, 0) is 48.5 Å². The summed E-state index contributed by atoms with van der Waals surface area (Å²) >= 11 is 3.51. The normalized spacial score (nSPS) is 12.8. The number of imidazole rings is 1. The molecule has 0 saturated carbocycles. The molecule has 1 atom stereocenters. The molecular formula is C14H17BrN4. The standard InChI is InChI=1S/C14H17BrN4/c1-10(5-16)7-18(3)9-13-6-17-14-11(2)4-12(15)8-19(13)14/h4,6,8,10H,7,9H2,1-3H3. The van der Waals surface area contributed by atoms with Crippen LogP contribution in [0.3, 0.4) is 0 Å². The third kappa shape index (κ3) is 3.14. The second kappa shape index (κ2) is 5.72. The number of rotatable bonds is 4. The molecule has 0 aromatic carbocycles. The van der Waals surface area contributed by atoms with Gasteiger partial charge in [-0.25, -0.2) is 4.98 Å². The van der Waals surface area contributed by atoms with Crippen LogP contribution in [0.15, 0.2) is 22.9 Å². The van der Waals surface area contributed by atoms with E-state index >= 15 is 0 Å². The van der Waals surface area contributed by atoms with Crippen LogP contribution in [0.2, 0.25) is 0 Å². The summed E-state index contributed by atoms with van der Waals surface area (Å²) in [7, 11) is 2.03. The smallest absolute Gasteiger partial charge is 0.139 e. The van der Waals surface area contributed by atoms with Crippen molar-refractivity contribution in [1.29, 1.82) is 5.26 Å². The number of fused-ring (bicyclic) bond motifs is 1. The molecule has 0 aliphatic heterocycles. The van der Waals surface area contributed by atoms with Gasteiger partial charge in [-0.2, -0.15) is 5.26 Å². The van der Waals surface area contributed by atoms with Gasteiger partial charge in [0.15, 0.2) is 0 Å². The van der Waals surface area contributed by atoms with Crippen molar-refractivity contribution >= 4 is 21.6 Å². The fourth-order valence-corrected chi connectivity index (χ4v) is 2.78. The van der Waals surface area contributed by atoms with Gasteiger partial charge < -0.3 is 4.40 Å². The van der Waals surface area contributed by atoms with Crippen LogP contribution in [0, 0.1) is 24.2 Å². The van der Waals surface area contributed by atoms with Gasteiger partial charge in [0.1, 0.15) is 5.65 Å². The first kappa shape index (κ1) is 14.0. The largest absolute Gasteiger partial charge is 0.301 e. The molecule has 100 valence electrons. The Hall–Kier alpha value is -1.38. The van der Waals surface area contributed by atoms with Gasteiger partial charge in [0, 0.05) is 23.8 Å². The SMILES string of the molecule is Cc1cc(Br)cn2c(CN(C)CC(C)C#N)cnc12. The van der Waals surface area contributed by atoms with Gasteiger partial charge in [-0.1, -0.05) is 0 Å². The van der Waals surface area contributed by atoms with Crippen LogP contribution in [0.4, 0.5) is 0 Å². The monoisotopic (exact) mass is 320 g/mol. The molecule has 2 aromatic rings. The molecule has 2 aromatic heterocycles. The van der Waals surface area contributed by atoms with E-state index in [4.69, 9.17) is 5.26 Å². The molecule has 0 aliphatic rings. The summed E-state index contributed by atoms with van der Waals surface area (Å²) in [6.45, 7) is 5.53. The summed E-state index contributed by atoms with van der Waals surface area (Å²) in [4.78, 5) is 6.61. The molecule has 0 spiro atoms. The third-order valence-electron chi connectivity index (χ3n) is 3.07. The van der Waals surface area contributed by atoms with Crippen LogP contribution in [0.1, 0.15) is 18.2 Å². The second-order valence-corrected chi connectivity index (χ2v) is 5.93. The Balaban J connectivity index is 2.24. The zero-order chi connectivity index (χ0) is 14.0. The van der Waals surface area contributed by atoms with Gasteiger partial charge in [-0.3, -0.25) is 4.90 Å². The van der Waals surface area contributed by atoms with Crippen molar-refractivity contribution in [3.05, 3.63) is 34.2 Å². The number of nitriles is 1. The summed E-state index contributed by atoms with van der Waals surface area (Å²) < 4.78 is 3.15. The Kier molecular flexibility index (Phi) is 4.23. The van der Waals surface area contributed by atoms with Gasteiger partial charge in [-0.15, -0.1) is 0 Å². The Morgan fingerprint density at radius 3 is 3.00 bits per heavy atom. The molecule has 0 amide bonds. The maximum atomic E-state index is 8.85. The number of hydrogen-bond acceptors (Lipinski definition) is 3. The maximum absolute atomic E-state index is 8.85. The molecule has 4 nitrogen and oxygen atoms in total. The Labute approximate surface area is 121 Å². The average molecular weight is 321 g/mol. The highest BCUT2D eigenvalue weighted by atomic mass is 79.9. The summed E-state index contributed by atoms with van der Waals surface area (Å²) in [6, 6.07) is 4.32. The highest BCUT2D eigenvalue weighted by Crippen LogP contribution is 2.18. The molecule has 2 rings (SSSR count). The predicted molar refractivity (Wildman–Crippen MR) is 78.7 cm³/mol. The molecule has 1 unspecified atom stereocenters. The van der Waals surface area contributed by atoms with Gasteiger partial charge >= 0.3 is 0 Å². The zero-order valence-electron chi connectivity index (χ0n) is 11.4. The first-order chi connectivity index (χ1) is 9.01. The number of halogens is 1. The zero-order valence-corrected chi connectivity index (χ0v) is 13.0. The molecular weight excluding hydrogens is 304 g/mol. The topological polar surface area (TPSA) is 44.3 Å². The van der Waals surface area contributed by atoms with Crippen LogP contribution in [-0.2, 0) is 6.54 Å². The van der Waals surface area contributed by atoms with E-state index in [-0.39, 0.29) is 5.92 Å². The first-order valence-corrected chi connectivity index (χ1v) is 7.01. The van der Waals surface area contributed by atoms with Crippen LogP contribution in [0.5, 0.6) is 0 Å². The van der Waals surface area contributed by atoms with Crippen molar-refractivity contribution in [3.63, 3.8) is 0 Å². The summed E-state index contributed by atoms with van der Waals surface area (Å²) in [5, 5.41) is 8.85. The molecule has 0 saturated heterocycles. The number of nitrogens with zero attached hydrogens (tertiary/aromatic N) is 4. The van der Waals surface area contributed by atoms with Crippen molar-refractivity contribution < 1.29 is 0 Å². The summed E-state index contributed by atoms with van der Waals surface area (Å²) in [6.07, 6.45) is 3.94. The van der Waals surface area contributed by atoms with Crippen molar-refractivity contribution in [1.82, 2.24) is 14.3 Å². The van der Waals surface area contributed by atoms with Gasteiger partial charge in [0.25, 0.3) is 0 Å². The average Bonchev–Trinajstić information content (AvgIpc) is 2.72. The van der Waals surface area contributed by atoms with E-state index < -0.39 is 0 Å². The molecule has 5 heteroatoms. The molecule has 0 radical (unpaired) electrons. The fourth-order valence-electron chi connectivity index (χ4n) is 2.23. The lowest BCUT2D eigenvalue weighted by atomic mass is 10.2. The van der Waals surface area contributed by atoms with E-state index in [0.717, 1.165) is 34.5 Å². The van der Waals surface area contributed by atoms with Crippen LogP contribution in [0.25, 0.3) is 5.65 Å². The minimum atomic E-state index is 0.0395. The number of pyridine rings is 1. The first-order valence-electron chi connectivity index (χ1n) is 6.21. The number of aryl methyl sites for hydroxylation is 1. The van der Waals surface area contributed by atoms with E-state index in [1.54, 1.807) is 0 Å². The minimum Gasteiger partial charge on any atom is -0.301 e. The lowest BCUT2D eigenvalue weighted by molar-refractivity contribution is 0.299. The summed E-state index contributed by atoms with van der Waals surface area (Å²) in [5.74, 6) is 0.0395. The quantitative estimate of drug-likeness (QED) is 0.869. The molecule has 2 heterocycles. The second-order valence-electron chi connectivity index (χ2n) is 5.01. The number of aromatic nitrogens is 2. The van der Waals surface area contributed by atoms with Crippen LogP contribution < -0.4 is 0 Å². The van der Waals surface area contributed by atoms with E-state index in [2.05, 4.69) is 49.3 Å². The van der Waals surface area contributed by atoms with E-state index in [1.165, 1.54) is 0 Å². The molecule has 19 heavy (non-hydrogen) atoms. The summed E-state index contributed by atoms with van der Waals surface area (Å²) in [5.41, 5.74) is 3.26. The predicted octanol–water partition coefficient (Wildman–Crippen LogP) is 3.00. The van der Waals surface area contributed by atoms with Crippen molar-refractivity contribution in [2.45, 2.75) is 20.4 Å². The van der Waals surface area contributed by atoms with Gasteiger partial charge in [0.05, 0.1) is 23.9 Å². The minimum absolute atomic E-state index is 0.0395. The maximum Gasteiger partial charge on any atom is 0.139 e. The van der Waals surface area contributed by atoms with E-state index in [0.29, 0.717) is 0 Å². The molecule has 0 bridgehead atoms. The lowest BCUT2D eigenvalue weighted by Gasteiger charge is -2.17. The number of hydrogen-bond donors (Lipinski definition) is 0. The molecule has 0 aliphatic carbocycles. The van der Waals surface area contributed by atoms with Crippen LogP contribution >= 0.6 is 15.9 Å². The molecule has 0 N–H and O–H groups in total. The Morgan fingerprint density at radius 2 is 2.32 bits per heavy atom. The fraction of sp³-hybridized carbons (Fsp3) is 0.429. The highest BCUT2D eigenvalue weighted by Gasteiger charge is 2.10. The van der Waals surface area contributed by atoms with Crippen molar-refractivity contribution in [2.24, 2.45) is 5.92 Å². The highest BCUT2D eigenvalue weighted by molar-refractivity contribution is 9.10. The molecule has 0 fully saturated rings.